The van der Waals surface area contributed by atoms with Gasteiger partial charge in [0.25, 0.3) is 0 Å². The number of hydrogen-bond donors (Lipinski definition) is 1. The molecule has 2 rings (SSSR count). The van der Waals surface area contributed by atoms with Crippen LogP contribution in [0.25, 0.3) is 0 Å². The third-order valence-electron chi connectivity index (χ3n) is 3.50. The van der Waals surface area contributed by atoms with Gasteiger partial charge in [-0.05, 0) is 48.7 Å². The minimum absolute atomic E-state index is 0.0655. The van der Waals surface area contributed by atoms with E-state index in [4.69, 9.17) is 0 Å². The number of benzene rings is 1. The van der Waals surface area contributed by atoms with E-state index in [-0.39, 0.29) is 6.04 Å². The molecule has 0 aliphatic rings. The van der Waals surface area contributed by atoms with Crippen LogP contribution in [0.2, 0.25) is 0 Å². The highest BCUT2D eigenvalue weighted by Crippen LogP contribution is 2.23. The Hall–Kier alpha value is -1.81. The Bertz CT molecular complexity index is 584. The monoisotopic (exact) mass is 276 g/mol. The molecule has 1 aromatic heterocycles. The molecule has 0 aliphatic carbocycles. The first-order valence-corrected chi connectivity index (χ1v) is 6.70. The highest BCUT2D eigenvalue weighted by molar-refractivity contribution is 5.30. The highest BCUT2D eigenvalue weighted by Gasteiger charge is 2.17. The maximum atomic E-state index is 13.8. The molecule has 0 aliphatic heterocycles. The van der Waals surface area contributed by atoms with Crippen molar-refractivity contribution in [1.29, 1.82) is 0 Å². The van der Waals surface area contributed by atoms with Crippen LogP contribution in [-0.4, -0.2) is 12.0 Å². The Morgan fingerprint density at radius 3 is 2.70 bits per heavy atom. The van der Waals surface area contributed by atoms with Crippen molar-refractivity contribution >= 4 is 0 Å². The van der Waals surface area contributed by atoms with E-state index in [1.165, 1.54) is 6.07 Å². The topological polar surface area (TPSA) is 24.9 Å². The molecule has 2 aromatic rings. The summed E-state index contributed by atoms with van der Waals surface area (Å²) in [6.45, 7) is 2.05. The summed E-state index contributed by atoms with van der Waals surface area (Å²) in [5, 5.41) is 3.17. The van der Waals surface area contributed by atoms with Crippen molar-refractivity contribution in [2.75, 3.05) is 7.05 Å². The lowest BCUT2D eigenvalue weighted by Gasteiger charge is -2.20. The molecule has 4 heteroatoms. The zero-order valence-electron chi connectivity index (χ0n) is 11.7. The number of aryl methyl sites for hydroxylation is 1. The van der Waals surface area contributed by atoms with E-state index in [2.05, 4.69) is 17.2 Å². The van der Waals surface area contributed by atoms with Crippen LogP contribution in [0.5, 0.6) is 0 Å². The van der Waals surface area contributed by atoms with Gasteiger partial charge < -0.3 is 5.32 Å². The molecule has 0 saturated carbocycles. The molecule has 1 unspecified atom stereocenters. The van der Waals surface area contributed by atoms with Gasteiger partial charge in [-0.3, -0.25) is 4.98 Å². The van der Waals surface area contributed by atoms with Crippen LogP contribution in [0, 0.1) is 11.6 Å². The van der Waals surface area contributed by atoms with Crippen molar-refractivity contribution < 1.29 is 8.78 Å². The average Bonchev–Trinajstić information content (AvgIpc) is 2.49. The Morgan fingerprint density at radius 2 is 2.00 bits per heavy atom. The number of hydrogen-bond acceptors (Lipinski definition) is 2. The van der Waals surface area contributed by atoms with Gasteiger partial charge in [-0.1, -0.05) is 19.1 Å². The van der Waals surface area contributed by atoms with E-state index in [0.717, 1.165) is 23.6 Å². The Labute approximate surface area is 117 Å². The van der Waals surface area contributed by atoms with Crippen LogP contribution >= 0.6 is 0 Å². The minimum atomic E-state index is -0.803. The van der Waals surface area contributed by atoms with Crippen molar-refractivity contribution in [3.05, 3.63) is 65.0 Å². The summed E-state index contributed by atoms with van der Waals surface area (Å²) in [5.74, 6) is -1.57. The van der Waals surface area contributed by atoms with Crippen LogP contribution in [0.4, 0.5) is 8.78 Å². The third-order valence-corrected chi connectivity index (χ3v) is 3.50. The van der Waals surface area contributed by atoms with Crippen LogP contribution < -0.4 is 5.32 Å². The van der Waals surface area contributed by atoms with Crippen LogP contribution in [0.15, 0.2) is 36.7 Å². The van der Waals surface area contributed by atoms with Gasteiger partial charge in [-0.15, -0.1) is 0 Å². The average molecular weight is 276 g/mol. The van der Waals surface area contributed by atoms with E-state index >= 15 is 0 Å². The molecule has 106 valence electrons. The zero-order valence-corrected chi connectivity index (χ0v) is 11.7. The molecule has 2 nitrogen and oxygen atoms in total. The Kier molecular flexibility index (Phi) is 4.79. The Balaban J connectivity index is 2.31. The van der Waals surface area contributed by atoms with Crippen molar-refractivity contribution in [2.45, 2.75) is 25.8 Å². The first-order valence-electron chi connectivity index (χ1n) is 6.70. The second-order valence-corrected chi connectivity index (χ2v) is 4.69. The van der Waals surface area contributed by atoms with E-state index in [1.54, 1.807) is 12.3 Å². The molecule has 0 radical (unpaired) electrons. The normalized spacial score (nSPS) is 12.4. The van der Waals surface area contributed by atoms with Crippen LogP contribution in [0.3, 0.4) is 0 Å². The van der Waals surface area contributed by atoms with Crippen molar-refractivity contribution in [1.82, 2.24) is 10.3 Å². The molecule has 0 saturated heterocycles. The maximum Gasteiger partial charge on any atom is 0.162 e. The molecule has 0 spiro atoms. The third kappa shape index (κ3) is 3.02. The summed E-state index contributed by atoms with van der Waals surface area (Å²) in [7, 11) is 1.82. The molecule has 0 bridgehead atoms. The predicted molar refractivity (Wildman–Crippen MR) is 75.5 cm³/mol. The van der Waals surface area contributed by atoms with Crippen molar-refractivity contribution in [2.24, 2.45) is 0 Å². The van der Waals surface area contributed by atoms with Gasteiger partial charge in [-0.25, -0.2) is 8.78 Å². The van der Waals surface area contributed by atoms with Gasteiger partial charge in [0, 0.05) is 18.4 Å². The molecule has 20 heavy (non-hydrogen) atoms. The van der Waals surface area contributed by atoms with E-state index in [1.807, 2.05) is 19.3 Å². The first-order chi connectivity index (χ1) is 9.67. The SMILES string of the molecule is CCc1cnccc1C(Cc1cccc(F)c1F)NC. The lowest BCUT2D eigenvalue weighted by atomic mass is 9.95. The fourth-order valence-electron chi connectivity index (χ4n) is 2.37. The van der Waals surface area contributed by atoms with E-state index in [0.29, 0.717) is 12.0 Å². The molecule has 1 aromatic carbocycles. The maximum absolute atomic E-state index is 13.8. The fourth-order valence-corrected chi connectivity index (χ4v) is 2.37. The summed E-state index contributed by atoms with van der Waals surface area (Å²) in [5.41, 5.74) is 2.57. The summed E-state index contributed by atoms with van der Waals surface area (Å²) < 4.78 is 27.1. The minimum Gasteiger partial charge on any atom is -0.313 e. The van der Waals surface area contributed by atoms with E-state index < -0.39 is 11.6 Å². The smallest absolute Gasteiger partial charge is 0.162 e. The summed E-state index contributed by atoms with van der Waals surface area (Å²) >= 11 is 0. The van der Waals surface area contributed by atoms with Crippen molar-refractivity contribution in [3.8, 4) is 0 Å². The number of aromatic nitrogens is 1. The molecule has 1 atom stereocenters. The molecule has 1 heterocycles. The van der Waals surface area contributed by atoms with Gasteiger partial charge in [0.15, 0.2) is 11.6 Å². The summed E-state index contributed by atoms with van der Waals surface area (Å²) in [4.78, 5) is 4.11. The van der Waals surface area contributed by atoms with Crippen LogP contribution in [-0.2, 0) is 12.8 Å². The zero-order chi connectivity index (χ0) is 14.5. The first kappa shape index (κ1) is 14.6. The predicted octanol–water partition coefficient (Wildman–Crippen LogP) is 3.43. The number of rotatable bonds is 5. The van der Waals surface area contributed by atoms with Gasteiger partial charge in [0.05, 0.1) is 0 Å². The Morgan fingerprint density at radius 1 is 1.20 bits per heavy atom. The fraction of sp³-hybridized carbons (Fsp3) is 0.312. The molecule has 0 amide bonds. The van der Waals surface area contributed by atoms with Gasteiger partial charge in [-0.2, -0.15) is 0 Å². The number of nitrogens with zero attached hydrogens (tertiary/aromatic N) is 1. The van der Waals surface area contributed by atoms with E-state index in [9.17, 15) is 8.78 Å². The van der Waals surface area contributed by atoms with Crippen LogP contribution in [0.1, 0.15) is 29.7 Å². The number of nitrogens with one attached hydrogen (secondary N) is 1. The molecular weight excluding hydrogens is 258 g/mol. The second-order valence-electron chi connectivity index (χ2n) is 4.69. The number of likely N-dealkylation sites (N-methyl/N-ethyl adjacent to an activating group) is 1. The molecule has 1 N–H and O–H groups in total. The number of halogens is 2. The lowest BCUT2D eigenvalue weighted by Crippen LogP contribution is -2.21. The number of pyridine rings is 1. The lowest BCUT2D eigenvalue weighted by molar-refractivity contribution is 0.486. The quantitative estimate of drug-likeness (QED) is 0.905. The highest BCUT2D eigenvalue weighted by atomic mass is 19.2. The molecule has 0 fully saturated rings. The standard InChI is InChI=1S/C16H18F2N2/c1-3-11-10-20-8-7-13(11)15(19-2)9-12-5-4-6-14(17)16(12)18/h4-8,10,15,19H,3,9H2,1-2H3. The molecular formula is C16H18F2N2. The largest absolute Gasteiger partial charge is 0.313 e. The van der Waals surface area contributed by atoms with Crippen molar-refractivity contribution in [3.63, 3.8) is 0 Å². The summed E-state index contributed by atoms with van der Waals surface area (Å²) in [6.07, 6.45) is 4.80. The van der Waals surface area contributed by atoms with Gasteiger partial charge >= 0.3 is 0 Å². The second kappa shape index (κ2) is 6.57. The summed E-state index contributed by atoms with van der Waals surface area (Å²) in [6, 6.07) is 6.15. The van der Waals surface area contributed by atoms with Gasteiger partial charge in [0.1, 0.15) is 0 Å². The van der Waals surface area contributed by atoms with Gasteiger partial charge in [0.2, 0.25) is 0 Å².